The van der Waals surface area contributed by atoms with Crippen LogP contribution in [0.4, 0.5) is 11.4 Å². The smallest absolute Gasteiger partial charge is 0.232 e. The van der Waals surface area contributed by atoms with Crippen LogP contribution in [0.1, 0.15) is 25.3 Å². The Labute approximate surface area is 161 Å². The quantitative estimate of drug-likeness (QED) is 0.710. The van der Waals surface area contributed by atoms with E-state index in [1.165, 1.54) is 10.6 Å². The highest BCUT2D eigenvalue weighted by atomic mass is 32.2. The number of hydrogen-bond donors (Lipinski definition) is 1. The van der Waals surface area contributed by atoms with Gasteiger partial charge in [0, 0.05) is 24.7 Å². The van der Waals surface area contributed by atoms with Crippen molar-refractivity contribution < 1.29 is 17.9 Å². The van der Waals surface area contributed by atoms with Crippen LogP contribution in [0.3, 0.4) is 0 Å². The zero-order valence-corrected chi connectivity index (χ0v) is 16.8. The van der Waals surface area contributed by atoms with Gasteiger partial charge in [-0.15, -0.1) is 0 Å². The molecule has 0 bridgehead atoms. The van der Waals surface area contributed by atoms with Gasteiger partial charge in [0.1, 0.15) is 5.75 Å². The molecule has 0 radical (unpaired) electrons. The predicted molar refractivity (Wildman–Crippen MR) is 109 cm³/mol. The van der Waals surface area contributed by atoms with E-state index in [1.807, 2.05) is 38.1 Å². The van der Waals surface area contributed by atoms with Crippen molar-refractivity contribution in [1.82, 2.24) is 0 Å². The maximum absolute atomic E-state index is 12.2. The first-order chi connectivity index (χ1) is 12.8. The van der Waals surface area contributed by atoms with Crippen LogP contribution in [-0.4, -0.2) is 33.7 Å². The number of sulfonamides is 1. The Hall–Kier alpha value is -2.54. The molecule has 0 aromatic heterocycles. The van der Waals surface area contributed by atoms with Crippen LogP contribution in [0.2, 0.25) is 0 Å². The molecule has 0 spiro atoms. The Bertz CT molecular complexity index is 864. The summed E-state index contributed by atoms with van der Waals surface area (Å²) in [6.07, 6.45) is 1.81. The first-order valence-corrected chi connectivity index (χ1v) is 10.7. The fourth-order valence-electron chi connectivity index (χ4n) is 2.63. The number of ether oxygens (including phenoxy) is 1. The highest BCUT2D eigenvalue weighted by Crippen LogP contribution is 2.20. The van der Waals surface area contributed by atoms with E-state index in [4.69, 9.17) is 4.74 Å². The minimum absolute atomic E-state index is 0.166. The summed E-state index contributed by atoms with van der Waals surface area (Å²) in [5.41, 5.74) is 2.32. The van der Waals surface area contributed by atoms with E-state index in [0.717, 1.165) is 5.56 Å². The monoisotopic (exact) mass is 390 g/mol. The van der Waals surface area contributed by atoms with Crippen molar-refractivity contribution in [2.75, 3.05) is 29.0 Å². The number of carbonyl (C=O) groups is 1. The molecule has 146 valence electrons. The van der Waals surface area contributed by atoms with Crippen molar-refractivity contribution in [2.24, 2.45) is 0 Å². The molecular weight excluding hydrogens is 364 g/mol. The number of hydrogen-bond acceptors (Lipinski definition) is 4. The van der Waals surface area contributed by atoms with Crippen LogP contribution in [0, 0.1) is 6.92 Å². The first kappa shape index (κ1) is 20.8. The number of anilines is 2. The van der Waals surface area contributed by atoms with Crippen LogP contribution in [0.25, 0.3) is 0 Å². The number of amides is 1. The van der Waals surface area contributed by atoms with Gasteiger partial charge in [0.25, 0.3) is 0 Å². The summed E-state index contributed by atoms with van der Waals surface area (Å²) in [7, 11) is -3.41. The second-order valence-corrected chi connectivity index (χ2v) is 8.19. The summed E-state index contributed by atoms with van der Waals surface area (Å²) in [6.45, 7) is 4.64. The van der Waals surface area contributed by atoms with E-state index in [-0.39, 0.29) is 18.9 Å². The Balaban J connectivity index is 1.93. The minimum atomic E-state index is -3.41. The molecule has 7 heteroatoms. The van der Waals surface area contributed by atoms with Gasteiger partial charge in [-0.25, -0.2) is 8.42 Å². The molecule has 0 aliphatic heterocycles. The molecular formula is C20H26N2O4S. The van der Waals surface area contributed by atoms with Gasteiger partial charge >= 0.3 is 0 Å². The van der Waals surface area contributed by atoms with Crippen LogP contribution in [-0.2, 0) is 14.8 Å². The van der Waals surface area contributed by atoms with Gasteiger partial charge in [0.2, 0.25) is 15.9 Å². The first-order valence-electron chi connectivity index (χ1n) is 8.86. The average molecular weight is 391 g/mol. The lowest BCUT2D eigenvalue weighted by Gasteiger charge is -2.22. The lowest BCUT2D eigenvalue weighted by atomic mass is 10.2. The van der Waals surface area contributed by atoms with Crippen LogP contribution >= 0.6 is 0 Å². The van der Waals surface area contributed by atoms with E-state index in [2.05, 4.69) is 5.32 Å². The van der Waals surface area contributed by atoms with Crippen LogP contribution in [0.15, 0.2) is 48.5 Å². The summed E-state index contributed by atoms with van der Waals surface area (Å²) < 4.78 is 30.9. The molecule has 6 nitrogen and oxygen atoms in total. The molecule has 0 aliphatic carbocycles. The Morgan fingerprint density at radius 2 is 1.85 bits per heavy atom. The number of rotatable bonds is 9. The topological polar surface area (TPSA) is 75.7 Å². The van der Waals surface area contributed by atoms with E-state index in [1.54, 1.807) is 24.3 Å². The molecule has 0 fully saturated rings. The van der Waals surface area contributed by atoms with Crippen molar-refractivity contribution in [3.63, 3.8) is 0 Å². The number of nitrogens with one attached hydrogen (secondary N) is 1. The molecule has 0 aliphatic rings. The molecule has 0 saturated carbocycles. The van der Waals surface area contributed by atoms with Gasteiger partial charge in [-0.3, -0.25) is 9.10 Å². The highest BCUT2D eigenvalue weighted by molar-refractivity contribution is 7.92. The van der Waals surface area contributed by atoms with E-state index < -0.39 is 10.0 Å². The normalized spacial score (nSPS) is 11.1. The van der Waals surface area contributed by atoms with Crippen molar-refractivity contribution in [2.45, 2.75) is 26.7 Å². The predicted octanol–water partition coefficient (Wildman–Crippen LogP) is 3.58. The van der Waals surface area contributed by atoms with Crippen molar-refractivity contribution in [3.8, 4) is 5.75 Å². The molecule has 0 unspecified atom stereocenters. The molecule has 2 rings (SSSR count). The van der Waals surface area contributed by atoms with Crippen LogP contribution in [0.5, 0.6) is 5.75 Å². The third-order valence-corrected chi connectivity index (χ3v) is 5.11. The van der Waals surface area contributed by atoms with Gasteiger partial charge in [0.15, 0.2) is 0 Å². The SMILES string of the molecule is CCOc1cccc(NC(=O)CCCN(c2ccc(C)cc2)S(C)(=O)=O)c1. The van der Waals surface area contributed by atoms with Crippen molar-refractivity contribution >= 4 is 27.3 Å². The molecule has 0 atom stereocenters. The molecule has 0 saturated heterocycles. The fraction of sp³-hybridized carbons (Fsp3) is 0.350. The Kier molecular flexibility index (Phi) is 7.24. The molecule has 1 amide bonds. The third-order valence-electron chi connectivity index (χ3n) is 3.92. The molecule has 2 aromatic rings. The van der Waals surface area contributed by atoms with Crippen molar-refractivity contribution in [3.05, 3.63) is 54.1 Å². The summed E-state index contributed by atoms with van der Waals surface area (Å²) >= 11 is 0. The lowest BCUT2D eigenvalue weighted by Crippen LogP contribution is -2.31. The molecule has 0 heterocycles. The summed E-state index contributed by atoms with van der Waals surface area (Å²) in [6, 6.07) is 14.5. The summed E-state index contributed by atoms with van der Waals surface area (Å²) in [5, 5.41) is 2.81. The third kappa shape index (κ3) is 6.60. The lowest BCUT2D eigenvalue weighted by molar-refractivity contribution is -0.116. The van der Waals surface area contributed by atoms with Crippen LogP contribution < -0.4 is 14.4 Å². The second kappa shape index (κ2) is 9.41. The zero-order valence-electron chi connectivity index (χ0n) is 15.9. The largest absolute Gasteiger partial charge is 0.494 e. The maximum atomic E-state index is 12.2. The number of benzene rings is 2. The highest BCUT2D eigenvalue weighted by Gasteiger charge is 2.17. The van der Waals surface area contributed by atoms with Crippen molar-refractivity contribution in [1.29, 1.82) is 0 Å². The van der Waals surface area contributed by atoms with E-state index in [0.29, 0.717) is 30.2 Å². The molecule has 27 heavy (non-hydrogen) atoms. The Morgan fingerprint density at radius 3 is 2.48 bits per heavy atom. The van der Waals surface area contributed by atoms with Gasteiger partial charge in [-0.1, -0.05) is 23.8 Å². The van der Waals surface area contributed by atoms with Gasteiger partial charge < -0.3 is 10.1 Å². The number of aryl methyl sites for hydroxylation is 1. The standard InChI is InChI=1S/C20H26N2O4S/c1-4-26-19-8-5-7-17(15-19)21-20(23)9-6-14-22(27(3,24)25)18-12-10-16(2)11-13-18/h5,7-8,10-13,15H,4,6,9,14H2,1-3H3,(H,21,23). The fourth-order valence-corrected chi connectivity index (χ4v) is 3.60. The summed E-state index contributed by atoms with van der Waals surface area (Å²) in [5.74, 6) is 0.527. The molecule has 2 aromatic carbocycles. The average Bonchev–Trinajstić information content (AvgIpc) is 2.59. The van der Waals surface area contributed by atoms with E-state index in [9.17, 15) is 13.2 Å². The second-order valence-electron chi connectivity index (χ2n) is 6.28. The number of nitrogens with zero attached hydrogens (tertiary/aromatic N) is 1. The van der Waals surface area contributed by atoms with Gasteiger partial charge in [0.05, 0.1) is 18.6 Å². The zero-order chi connectivity index (χ0) is 19.9. The van der Waals surface area contributed by atoms with Gasteiger partial charge in [-0.05, 0) is 44.5 Å². The maximum Gasteiger partial charge on any atom is 0.232 e. The number of carbonyl (C=O) groups excluding carboxylic acids is 1. The Morgan fingerprint density at radius 1 is 1.15 bits per heavy atom. The molecule has 1 N–H and O–H groups in total. The van der Waals surface area contributed by atoms with E-state index >= 15 is 0 Å². The van der Waals surface area contributed by atoms with Gasteiger partial charge in [-0.2, -0.15) is 0 Å². The minimum Gasteiger partial charge on any atom is -0.494 e. The summed E-state index contributed by atoms with van der Waals surface area (Å²) in [4.78, 5) is 12.2.